The van der Waals surface area contributed by atoms with Crippen LogP contribution >= 0.6 is 0 Å². The summed E-state index contributed by atoms with van der Waals surface area (Å²) in [6, 6.07) is 6.91. The van der Waals surface area contributed by atoms with E-state index in [0.717, 1.165) is 12.2 Å². The van der Waals surface area contributed by atoms with Gasteiger partial charge in [-0.2, -0.15) is 0 Å². The summed E-state index contributed by atoms with van der Waals surface area (Å²) in [5, 5.41) is 3.25. The second-order valence-corrected chi connectivity index (χ2v) is 7.61. The largest absolute Gasteiger partial charge is 0.386 e. The molecule has 0 aliphatic rings. The zero-order valence-electron chi connectivity index (χ0n) is 18.2. The minimum Gasteiger partial charge on any atom is -0.386 e. The van der Waals surface area contributed by atoms with Crippen molar-refractivity contribution < 1.29 is 0 Å². The van der Waals surface area contributed by atoms with Crippen molar-refractivity contribution in [1.82, 2.24) is 5.32 Å². The van der Waals surface area contributed by atoms with Crippen LogP contribution in [0.3, 0.4) is 0 Å². The van der Waals surface area contributed by atoms with Gasteiger partial charge in [-0.15, -0.1) is 0 Å². The minimum absolute atomic E-state index is 0.907. The summed E-state index contributed by atoms with van der Waals surface area (Å²) in [6.07, 6.45) is 18.3. The molecule has 1 N–H and O–H groups in total. The predicted molar refractivity (Wildman–Crippen MR) is 124 cm³/mol. The molecule has 0 bridgehead atoms. The fourth-order valence-corrected chi connectivity index (χ4v) is 3.39. The molecule has 1 nitrogen and oxygen atoms in total. The van der Waals surface area contributed by atoms with Crippen LogP contribution in [0.25, 0.3) is 12.2 Å². The van der Waals surface area contributed by atoms with Crippen molar-refractivity contribution in [2.45, 2.75) is 85.5 Å². The monoisotopic (exact) mass is 367 g/mol. The van der Waals surface area contributed by atoms with Crippen LogP contribution in [0.2, 0.25) is 0 Å². The lowest BCUT2D eigenvalue weighted by molar-refractivity contribution is 0.607. The van der Waals surface area contributed by atoms with E-state index < -0.39 is 0 Å². The van der Waals surface area contributed by atoms with E-state index >= 15 is 0 Å². The van der Waals surface area contributed by atoms with E-state index in [-0.39, 0.29) is 0 Å². The molecule has 150 valence electrons. The highest BCUT2D eigenvalue weighted by molar-refractivity contribution is 5.63. The topological polar surface area (TPSA) is 12.0 Å². The van der Waals surface area contributed by atoms with Crippen molar-refractivity contribution in [2.75, 3.05) is 6.54 Å². The van der Waals surface area contributed by atoms with Gasteiger partial charge in [0.1, 0.15) is 0 Å². The molecule has 1 rings (SSSR count). The number of nitrogens with one attached hydrogen (secondary N) is 1. The third kappa shape index (κ3) is 10.2. The summed E-state index contributed by atoms with van der Waals surface area (Å²) < 4.78 is 0. The van der Waals surface area contributed by atoms with E-state index in [4.69, 9.17) is 0 Å². The molecule has 0 aliphatic heterocycles. The first-order chi connectivity index (χ1) is 13.1. The lowest BCUT2D eigenvalue weighted by Gasteiger charge is -2.10. The summed E-state index contributed by atoms with van der Waals surface area (Å²) >= 11 is 0. The van der Waals surface area contributed by atoms with Gasteiger partial charge in [-0.05, 0) is 61.9 Å². The maximum absolute atomic E-state index is 4.03. The highest BCUT2D eigenvalue weighted by Gasteiger charge is 2.03. The van der Waals surface area contributed by atoms with Crippen molar-refractivity contribution >= 4 is 12.2 Å². The van der Waals surface area contributed by atoms with E-state index in [9.17, 15) is 0 Å². The van der Waals surface area contributed by atoms with E-state index in [1.165, 1.54) is 80.1 Å². The van der Waals surface area contributed by atoms with Crippen LogP contribution in [0.15, 0.2) is 42.1 Å². The van der Waals surface area contributed by atoms with Crippen molar-refractivity contribution in [1.29, 1.82) is 0 Å². The van der Waals surface area contributed by atoms with E-state index in [0.29, 0.717) is 0 Å². The fraction of sp³-hybridized carbons (Fsp3) is 0.538. The highest BCUT2D eigenvalue weighted by atomic mass is 14.8. The average molecular weight is 368 g/mol. The third-order valence-electron chi connectivity index (χ3n) is 4.90. The van der Waals surface area contributed by atoms with E-state index in [1.54, 1.807) is 0 Å². The molecule has 0 amide bonds. The second kappa shape index (κ2) is 14.3. The van der Waals surface area contributed by atoms with Crippen molar-refractivity contribution in [3.8, 4) is 0 Å². The number of hydrogen-bond donors (Lipinski definition) is 1. The molecular weight excluding hydrogens is 326 g/mol. The van der Waals surface area contributed by atoms with E-state index in [2.05, 4.69) is 76.0 Å². The summed E-state index contributed by atoms with van der Waals surface area (Å²) in [7, 11) is 0. The molecule has 0 aliphatic carbocycles. The smallest absolute Gasteiger partial charge is 0.0267 e. The van der Waals surface area contributed by atoms with Crippen LogP contribution in [0, 0.1) is 0 Å². The Balaban J connectivity index is 2.84. The van der Waals surface area contributed by atoms with Gasteiger partial charge in [-0.1, -0.05) is 88.8 Å². The molecule has 0 atom stereocenters. The number of allylic oxidation sites excluding steroid dienone is 2. The standard InChI is InChI=1S/C26H41N/c1-6-9-10-11-12-13-15-25-19-18-24(17-16-23(5)27-8-3)21-26(25)20-22(4)14-7-2/h16-21,27H,5-15H2,1-4H3/b17-16+,22-20+. The molecule has 0 spiro atoms. The van der Waals surface area contributed by atoms with Gasteiger partial charge >= 0.3 is 0 Å². The summed E-state index contributed by atoms with van der Waals surface area (Å²) in [5.74, 6) is 0. The van der Waals surface area contributed by atoms with Crippen molar-refractivity contribution in [3.05, 3.63) is 58.8 Å². The molecule has 0 aromatic heterocycles. The Morgan fingerprint density at radius 2 is 1.74 bits per heavy atom. The van der Waals surface area contributed by atoms with Gasteiger partial charge in [0.2, 0.25) is 0 Å². The Labute approximate surface area is 168 Å². The zero-order valence-corrected chi connectivity index (χ0v) is 18.2. The van der Waals surface area contributed by atoms with Crippen molar-refractivity contribution in [2.24, 2.45) is 0 Å². The maximum Gasteiger partial charge on any atom is 0.0267 e. The van der Waals surface area contributed by atoms with Crippen LogP contribution in [0.5, 0.6) is 0 Å². The molecule has 27 heavy (non-hydrogen) atoms. The lowest BCUT2D eigenvalue weighted by atomic mass is 9.96. The van der Waals surface area contributed by atoms with Crippen LogP contribution in [-0.2, 0) is 6.42 Å². The first-order valence-corrected chi connectivity index (χ1v) is 11.0. The first kappa shape index (κ1) is 23.3. The molecule has 0 heterocycles. The number of hydrogen-bond acceptors (Lipinski definition) is 1. The molecular formula is C26H41N. The minimum atomic E-state index is 0.907. The zero-order chi connectivity index (χ0) is 19.9. The van der Waals surface area contributed by atoms with Gasteiger partial charge in [0.25, 0.3) is 0 Å². The summed E-state index contributed by atoms with van der Waals surface area (Å²) in [5.41, 5.74) is 6.57. The third-order valence-corrected chi connectivity index (χ3v) is 4.90. The van der Waals surface area contributed by atoms with Crippen LogP contribution in [-0.4, -0.2) is 6.54 Å². The van der Waals surface area contributed by atoms with Gasteiger partial charge in [-0.25, -0.2) is 0 Å². The Bertz CT molecular complexity index is 607. The number of likely N-dealkylation sites (N-methyl/N-ethyl adjacent to an activating group) is 1. The Hall–Kier alpha value is -1.76. The summed E-state index contributed by atoms with van der Waals surface area (Å²) in [6.45, 7) is 13.8. The van der Waals surface area contributed by atoms with Crippen molar-refractivity contribution in [3.63, 3.8) is 0 Å². The van der Waals surface area contributed by atoms with Crippen LogP contribution < -0.4 is 5.32 Å². The SMILES string of the molecule is C=C(/C=C/c1ccc(CCCCCCCC)c(/C=C(\C)CCC)c1)NCC. The number of unbranched alkanes of at least 4 members (excludes halogenated alkanes) is 5. The van der Waals surface area contributed by atoms with E-state index in [1.807, 2.05) is 0 Å². The Morgan fingerprint density at radius 1 is 1.00 bits per heavy atom. The fourth-order valence-electron chi connectivity index (χ4n) is 3.39. The average Bonchev–Trinajstić information content (AvgIpc) is 2.64. The van der Waals surface area contributed by atoms with Gasteiger partial charge in [0.15, 0.2) is 0 Å². The molecule has 1 aromatic rings. The normalized spacial score (nSPS) is 11.9. The van der Waals surface area contributed by atoms with Gasteiger partial charge in [-0.3, -0.25) is 0 Å². The van der Waals surface area contributed by atoms with Gasteiger partial charge in [0, 0.05) is 12.2 Å². The molecule has 0 unspecified atom stereocenters. The Morgan fingerprint density at radius 3 is 2.44 bits per heavy atom. The second-order valence-electron chi connectivity index (χ2n) is 7.61. The molecule has 0 fully saturated rings. The lowest BCUT2D eigenvalue weighted by Crippen LogP contribution is -2.08. The number of benzene rings is 1. The predicted octanol–water partition coefficient (Wildman–Crippen LogP) is 7.93. The highest BCUT2D eigenvalue weighted by Crippen LogP contribution is 2.21. The molecule has 1 heteroatoms. The maximum atomic E-state index is 4.03. The molecule has 1 aromatic carbocycles. The molecule has 0 radical (unpaired) electrons. The molecule has 0 saturated heterocycles. The van der Waals surface area contributed by atoms with Crippen LogP contribution in [0.1, 0.15) is 95.8 Å². The number of aryl methyl sites for hydroxylation is 1. The van der Waals surface area contributed by atoms with Crippen LogP contribution in [0.4, 0.5) is 0 Å². The quantitative estimate of drug-likeness (QED) is 0.260. The van der Waals surface area contributed by atoms with Gasteiger partial charge in [0.05, 0.1) is 0 Å². The molecule has 0 saturated carbocycles. The number of rotatable bonds is 14. The van der Waals surface area contributed by atoms with Gasteiger partial charge < -0.3 is 5.32 Å². The Kier molecular flexibility index (Phi) is 12.3. The first-order valence-electron chi connectivity index (χ1n) is 11.0. The summed E-state index contributed by atoms with van der Waals surface area (Å²) in [4.78, 5) is 0.